The van der Waals surface area contributed by atoms with Crippen molar-refractivity contribution in [2.45, 2.75) is 64.3 Å². The summed E-state index contributed by atoms with van der Waals surface area (Å²) in [7, 11) is 0. The first kappa shape index (κ1) is 13.4. The normalized spacial score (nSPS) is 31.4. The van der Waals surface area contributed by atoms with Crippen molar-refractivity contribution in [2.24, 2.45) is 17.6 Å². The Kier molecular flexibility index (Phi) is 5.30. The van der Waals surface area contributed by atoms with Crippen LogP contribution in [0, 0.1) is 11.8 Å². The van der Waals surface area contributed by atoms with Gasteiger partial charge in [-0.2, -0.15) is 0 Å². The Bertz CT molecular complexity index is 217. The van der Waals surface area contributed by atoms with E-state index in [1.54, 1.807) is 0 Å². The molecule has 0 spiro atoms. The van der Waals surface area contributed by atoms with E-state index in [0.29, 0.717) is 0 Å². The number of piperidine rings is 1. The maximum absolute atomic E-state index is 5.60. The van der Waals surface area contributed by atoms with Gasteiger partial charge in [0.05, 0.1) is 0 Å². The average Bonchev–Trinajstić information content (AvgIpc) is 2.78. The fourth-order valence-electron chi connectivity index (χ4n) is 3.91. The van der Waals surface area contributed by atoms with E-state index in [9.17, 15) is 0 Å². The highest BCUT2D eigenvalue weighted by molar-refractivity contribution is 4.88. The quantitative estimate of drug-likeness (QED) is 0.771. The molecule has 2 aliphatic rings. The molecule has 0 amide bonds. The van der Waals surface area contributed by atoms with Crippen LogP contribution < -0.4 is 5.73 Å². The molecule has 1 heterocycles. The van der Waals surface area contributed by atoms with Gasteiger partial charge in [0.2, 0.25) is 0 Å². The number of rotatable bonds is 6. The van der Waals surface area contributed by atoms with Gasteiger partial charge in [0.1, 0.15) is 0 Å². The van der Waals surface area contributed by atoms with E-state index in [-0.39, 0.29) is 0 Å². The first-order chi connectivity index (χ1) is 8.31. The lowest BCUT2D eigenvalue weighted by Crippen LogP contribution is -2.42. The molecule has 1 aliphatic heterocycles. The highest BCUT2D eigenvalue weighted by Gasteiger charge is 2.34. The van der Waals surface area contributed by atoms with Crippen LogP contribution in [0.15, 0.2) is 0 Å². The molecular weight excluding hydrogens is 208 g/mol. The average molecular weight is 238 g/mol. The minimum Gasteiger partial charge on any atom is -0.330 e. The monoisotopic (exact) mass is 238 g/mol. The van der Waals surface area contributed by atoms with Gasteiger partial charge in [-0.25, -0.2) is 0 Å². The minimum absolute atomic E-state index is 0.823. The lowest BCUT2D eigenvalue weighted by Gasteiger charge is -2.38. The second kappa shape index (κ2) is 6.75. The maximum atomic E-state index is 5.60. The zero-order chi connectivity index (χ0) is 12.1. The molecule has 2 nitrogen and oxygen atoms in total. The van der Waals surface area contributed by atoms with Crippen LogP contribution in [-0.2, 0) is 0 Å². The Morgan fingerprint density at radius 2 is 2.00 bits per heavy atom. The highest BCUT2D eigenvalue weighted by Crippen LogP contribution is 2.36. The van der Waals surface area contributed by atoms with Crippen molar-refractivity contribution in [2.75, 3.05) is 19.6 Å². The zero-order valence-electron chi connectivity index (χ0n) is 11.5. The number of nitrogens with zero attached hydrogens (tertiary/aromatic N) is 1. The fraction of sp³-hybridized carbons (Fsp3) is 1.00. The van der Waals surface area contributed by atoms with Crippen LogP contribution in [-0.4, -0.2) is 30.6 Å². The molecule has 0 aromatic rings. The molecular formula is C15H30N2. The number of hydrogen-bond acceptors (Lipinski definition) is 2. The van der Waals surface area contributed by atoms with E-state index in [1.165, 1.54) is 64.5 Å². The first-order valence-corrected chi connectivity index (χ1v) is 7.75. The molecule has 1 saturated carbocycles. The lowest BCUT2D eigenvalue weighted by molar-refractivity contribution is 0.110. The van der Waals surface area contributed by atoms with E-state index in [1.807, 2.05) is 0 Å². The summed E-state index contributed by atoms with van der Waals surface area (Å²) in [5.41, 5.74) is 5.60. The Morgan fingerprint density at radius 3 is 2.82 bits per heavy atom. The van der Waals surface area contributed by atoms with Crippen LogP contribution in [0.3, 0.4) is 0 Å². The van der Waals surface area contributed by atoms with Gasteiger partial charge in [0, 0.05) is 6.04 Å². The van der Waals surface area contributed by atoms with E-state index < -0.39 is 0 Å². The maximum Gasteiger partial charge on any atom is 0.0123 e. The van der Waals surface area contributed by atoms with Gasteiger partial charge < -0.3 is 10.6 Å². The van der Waals surface area contributed by atoms with Crippen LogP contribution in [0.25, 0.3) is 0 Å². The summed E-state index contributed by atoms with van der Waals surface area (Å²) in [6.07, 6.45) is 11.4. The number of fused-ring (bicyclic) bond motifs is 1. The minimum atomic E-state index is 0.823. The predicted molar refractivity (Wildman–Crippen MR) is 74.0 cm³/mol. The van der Waals surface area contributed by atoms with Crippen LogP contribution in [0.5, 0.6) is 0 Å². The highest BCUT2D eigenvalue weighted by atomic mass is 15.2. The van der Waals surface area contributed by atoms with Gasteiger partial charge in [-0.3, -0.25) is 0 Å². The van der Waals surface area contributed by atoms with Crippen LogP contribution >= 0.6 is 0 Å². The van der Waals surface area contributed by atoms with Gasteiger partial charge >= 0.3 is 0 Å². The molecule has 17 heavy (non-hydrogen) atoms. The Balaban J connectivity index is 1.67. The summed E-state index contributed by atoms with van der Waals surface area (Å²) in [6, 6.07) is 0.952. The third-order valence-corrected chi connectivity index (χ3v) is 4.91. The lowest BCUT2D eigenvalue weighted by atomic mass is 9.91. The standard InChI is InChI=1S/C15H30N2/c1-13(9-10-16)5-3-11-17-12-4-7-14-6-2-8-15(14)17/h13-15H,2-12,16H2,1H3. The van der Waals surface area contributed by atoms with Gasteiger partial charge in [0.15, 0.2) is 0 Å². The molecule has 100 valence electrons. The Morgan fingerprint density at radius 1 is 1.18 bits per heavy atom. The summed E-state index contributed by atoms with van der Waals surface area (Å²) in [5.74, 6) is 1.87. The number of hydrogen-bond donors (Lipinski definition) is 1. The summed E-state index contributed by atoms with van der Waals surface area (Å²) in [4.78, 5) is 2.80. The molecule has 3 atom stereocenters. The second-order valence-corrected chi connectivity index (χ2v) is 6.26. The van der Waals surface area contributed by atoms with E-state index in [4.69, 9.17) is 5.73 Å². The topological polar surface area (TPSA) is 29.3 Å². The Hall–Kier alpha value is -0.0800. The summed E-state index contributed by atoms with van der Waals surface area (Å²) >= 11 is 0. The van der Waals surface area contributed by atoms with Crippen LogP contribution in [0.2, 0.25) is 0 Å². The molecule has 2 fully saturated rings. The van der Waals surface area contributed by atoms with Crippen molar-refractivity contribution < 1.29 is 0 Å². The zero-order valence-corrected chi connectivity index (χ0v) is 11.5. The summed E-state index contributed by atoms with van der Waals surface area (Å²) in [5, 5.41) is 0. The summed E-state index contributed by atoms with van der Waals surface area (Å²) < 4.78 is 0. The van der Waals surface area contributed by atoms with Crippen LogP contribution in [0.1, 0.15) is 58.3 Å². The van der Waals surface area contributed by atoms with Gasteiger partial charge in [-0.15, -0.1) is 0 Å². The van der Waals surface area contributed by atoms with Gasteiger partial charge in [0.25, 0.3) is 0 Å². The molecule has 2 heteroatoms. The van der Waals surface area contributed by atoms with E-state index >= 15 is 0 Å². The molecule has 0 aromatic heterocycles. The molecule has 0 radical (unpaired) electrons. The van der Waals surface area contributed by atoms with Crippen molar-refractivity contribution >= 4 is 0 Å². The summed E-state index contributed by atoms with van der Waals surface area (Å²) in [6.45, 7) is 5.92. The Labute approximate surface area is 107 Å². The molecule has 0 aromatic carbocycles. The molecule has 2 N–H and O–H groups in total. The smallest absolute Gasteiger partial charge is 0.0123 e. The van der Waals surface area contributed by atoms with E-state index in [2.05, 4.69) is 11.8 Å². The van der Waals surface area contributed by atoms with Crippen LogP contribution in [0.4, 0.5) is 0 Å². The SMILES string of the molecule is CC(CCN)CCCN1CCCC2CCCC21. The molecule has 0 bridgehead atoms. The predicted octanol–water partition coefficient (Wildman–Crippen LogP) is 3.02. The largest absolute Gasteiger partial charge is 0.330 e. The first-order valence-electron chi connectivity index (χ1n) is 7.75. The van der Waals surface area contributed by atoms with E-state index in [0.717, 1.165) is 24.4 Å². The third kappa shape index (κ3) is 3.69. The van der Waals surface area contributed by atoms with Gasteiger partial charge in [-0.1, -0.05) is 13.3 Å². The van der Waals surface area contributed by atoms with Crippen molar-refractivity contribution in [1.29, 1.82) is 0 Å². The van der Waals surface area contributed by atoms with Crippen molar-refractivity contribution in [3.05, 3.63) is 0 Å². The number of likely N-dealkylation sites (tertiary alicyclic amines) is 1. The van der Waals surface area contributed by atoms with Crippen molar-refractivity contribution in [3.8, 4) is 0 Å². The third-order valence-electron chi connectivity index (χ3n) is 4.91. The second-order valence-electron chi connectivity index (χ2n) is 6.26. The molecule has 1 saturated heterocycles. The van der Waals surface area contributed by atoms with Crippen molar-refractivity contribution in [1.82, 2.24) is 4.90 Å². The molecule has 1 aliphatic carbocycles. The number of nitrogens with two attached hydrogens (primary N) is 1. The van der Waals surface area contributed by atoms with Crippen molar-refractivity contribution in [3.63, 3.8) is 0 Å². The fourth-order valence-corrected chi connectivity index (χ4v) is 3.91. The molecule has 3 unspecified atom stereocenters. The molecule has 2 rings (SSSR count). The van der Waals surface area contributed by atoms with Gasteiger partial charge in [-0.05, 0) is 76.4 Å².